The fourth-order valence-corrected chi connectivity index (χ4v) is 1.70. The predicted molar refractivity (Wildman–Crippen MR) is 47.2 cm³/mol. The van der Waals surface area contributed by atoms with Crippen molar-refractivity contribution in [3.63, 3.8) is 0 Å². The molecule has 0 bridgehead atoms. The van der Waals surface area contributed by atoms with Gasteiger partial charge in [0.2, 0.25) is 0 Å². The summed E-state index contributed by atoms with van der Waals surface area (Å²) in [6, 6.07) is 0. The number of esters is 1. The lowest BCUT2D eigenvalue weighted by Gasteiger charge is -2.22. The lowest BCUT2D eigenvalue weighted by Crippen LogP contribution is -2.32. The Morgan fingerprint density at radius 2 is 2.31 bits per heavy atom. The highest BCUT2D eigenvalue weighted by Crippen LogP contribution is 2.40. The van der Waals surface area contributed by atoms with Crippen molar-refractivity contribution < 1.29 is 14.3 Å². The zero-order chi connectivity index (χ0) is 9.47. The van der Waals surface area contributed by atoms with E-state index >= 15 is 0 Å². The van der Waals surface area contributed by atoms with Gasteiger partial charge in [-0.1, -0.05) is 6.92 Å². The molecule has 1 aliphatic heterocycles. The van der Waals surface area contributed by atoms with Gasteiger partial charge in [-0.3, -0.25) is 4.79 Å². The molecular formula is C10H16O3. The van der Waals surface area contributed by atoms with Crippen molar-refractivity contribution in [3.8, 4) is 0 Å². The Morgan fingerprint density at radius 3 is 2.77 bits per heavy atom. The summed E-state index contributed by atoms with van der Waals surface area (Å²) in [5.41, 5.74) is -0.348. The lowest BCUT2D eigenvalue weighted by atomic mass is 10.1. The summed E-state index contributed by atoms with van der Waals surface area (Å²) in [4.78, 5) is 11.5. The Morgan fingerprint density at radius 1 is 1.62 bits per heavy atom. The molecule has 0 aromatic carbocycles. The second-order valence-electron chi connectivity index (χ2n) is 4.49. The first kappa shape index (κ1) is 9.00. The summed E-state index contributed by atoms with van der Waals surface area (Å²) in [5, 5.41) is 0. The molecule has 0 amide bonds. The molecule has 3 heteroatoms. The van der Waals surface area contributed by atoms with Gasteiger partial charge in [0, 0.05) is 6.42 Å². The van der Waals surface area contributed by atoms with Crippen molar-refractivity contribution in [3.05, 3.63) is 0 Å². The van der Waals surface area contributed by atoms with E-state index in [-0.39, 0.29) is 17.5 Å². The molecule has 0 aromatic heterocycles. The first-order valence-electron chi connectivity index (χ1n) is 4.91. The minimum absolute atomic E-state index is 0.0273. The van der Waals surface area contributed by atoms with Crippen molar-refractivity contribution in [1.29, 1.82) is 0 Å². The van der Waals surface area contributed by atoms with E-state index in [4.69, 9.17) is 9.47 Å². The molecule has 1 heterocycles. The summed E-state index contributed by atoms with van der Waals surface area (Å²) in [6.07, 6.45) is 1.83. The van der Waals surface area contributed by atoms with Gasteiger partial charge < -0.3 is 9.47 Å². The highest BCUT2D eigenvalue weighted by molar-refractivity contribution is 5.76. The van der Waals surface area contributed by atoms with Crippen molar-refractivity contribution >= 4 is 5.97 Å². The Bertz CT molecular complexity index is 218. The first-order chi connectivity index (χ1) is 6.11. The zero-order valence-electron chi connectivity index (χ0n) is 8.21. The van der Waals surface area contributed by atoms with E-state index in [9.17, 15) is 4.79 Å². The minimum Gasteiger partial charge on any atom is -0.457 e. The fraction of sp³-hybridized carbons (Fsp3) is 0.900. The van der Waals surface area contributed by atoms with Gasteiger partial charge in [0.15, 0.2) is 0 Å². The summed E-state index contributed by atoms with van der Waals surface area (Å²) < 4.78 is 10.6. The van der Waals surface area contributed by atoms with Crippen LogP contribution in [0.3, 0.4) is 0 Å². The predicted octanol–water partition coefficient (Wildman–Crippen LogP) is 1.36. The van der Waals surface area contributed by atoms with E-state index in [0.29, 0.717) is 19.1 Å². The quantitative estimate of drug-likeness (QED) is 0.608. The van der Waals surface area contributed by atoms with Gasteiger partial charge in [-0.05, 0) is 19.3 Å². The SMILES string of the molecule is C[C@@H]1C[C@H]1C(=O)OC1(C)CCOC1. The average Bonchev–Trinajstić information content (AvgIpc) is 2.63. The Kier molecular flexibility index (Phi) is 2.06. The third-order valence-corrected chi connectivity index (χ3v) is 2.94. The first-order valence-corrected chi connectivity index (χ1v) is 4.91. The van der Waals surface area contributed by atoms with Crippen LogP contribution in [-0.2, 0) is 14.3 Å². The summed E-state index contributed by atoms with van der Waals surface area (Å²) >= 11 is 0. The van der Waals surface area contributed by atoms with Crippen LogP contribution < -0.4 is 0 Å². The maximum Gasteiger partial charge on any atom is 0.309 e. The van der Waals surface area contributed by atoms with Gasteiger partial charge in [-0.2, -0.15) is 0 Å². The van der Waals surface area contributed by atoms with Crippen LogP contribution >= 0.6 is 0 Å². The topological polar surface area (TPSA) is 35.5 Å². The molecule has 2 aliphatic rings. The number of carbonyl (C=O) groups is 1. The molecule has 74 valence electrons. The van der Waals surface area contributed by atoms with Crippen LogP contribution in [0.25, 0.3) is 0 Å². The number of hydrogen-bond acceptors (Lipinski definition) is 3. The maximum atomic E-state index is 11.5. The third kappa shape index (κ3) is 1.85. The molecule has 3 atom stereocenters. The van der Waals surface area contributed by atoms with Gasteiger partial charge in [0.25, 0.3) is 0 Å². The van der Waals surface area contributed by atoms with E-state index in [1.165, 1.54) is 0 Å². The summed E-state index contributed by atoms with van der Waals surface area (Å²) in [5.74, 6) is 0.663. The molecule has 1 unspecified atom stereocenters. The second kappa shape index (κ2) is 2.98. The fourth-order valence-electron chi connectivity index (χ4n) is 1.70. The van der Waals surface area contributed by atoms with E-state index in [0.717, 1.165) is 12.8 Å². The number of hydrogen-bond donors (Lipinski definition) is 0. The molecule has 13 heavy (non-hydrogen) atoms. The molecule has 1 saturated carbocycles. The highest BCUT2D eigenvalue weighted by Gasteiger charge is 2.44. The molecule has 1 aliphatic carbocycles. The van der Waals surface area contributed by atoms with Crippen LogP contribution in [0.4, 0.5) is 0 Å². The Labute approximate surface area is 78.4 Å². The van der Waals surface area contributed by atoms with E-state index in [1.807, 2.05) is 6.92 Å². The standard InChI is InChI=1S/C10H16O3/c1-7-5-8(7)9(11)13-10(2)3-4-12-6-10/h7-8H,3-6H2,1-2H3/t7-,8-,10?/m1/s1. The molecule has 0 radical (unpaired) electrons. The van der Waals surface area contributed by atoms with E-state index < -0.39 is 0 Å². The molecule has 1 saturated heterocycles. The van der Waals surface area contributed by atoms with Crippen molar-refractivity contribution in [2.24, 2.45) is 11.8 Å². The highest BCUT2D eigenvalue weighted by atomic mass is 16.6. The molecule has 0 aromatic rings. The summed E-state index contributed by atoms with van der Waals surface area (Å²) in [7, 11) is 0. The van der Waals surface area contributed by atoms with Gasteiger partial charge in [-0.25, -0.2) is 0 Å². The van der Waals surface area contributed by atoms with Crippen LogP contribution in [0.1, 0.15) is 26.7 Å². The molecule has 0 N–H and O–H groups in total. The number of rotatable bonds is 2. The van der Waals surface area contributed by atoms with Crippen LogP contribution in [0, 0.1) is 11.8 Å². The third-order valence-electron chi connectivity index (χ3n) is 2.94. The monoisotopic (exact) mass is 184 g/mol. The number of ether oxygens (including phenoxy) is 2. The van der Waals surface area contributed by atoms with Crippen molar-refractivity contribution in [1.82, 2.24) is 0 Å². The van der Waals surface area contributed by atoms with Crippen LogP contribution in [0.5, 0.6) is 0 Å². The van der Waals surface area contributed by atoms with Crippen LogP contribution in [-0.4, -0.2) is 24.8 Å². The largest absolute Gasteiger partial charge is 0.457 e. The molecular weight excluding hydrogens is 168 g/mol. The zero-order valence-corrected chi connectivity index (χ0v) is 8.21. The van der Waals surface area contributed by atoms with E-state index in [2.05, 4.69) is 6.92 Å². The summed E-state index contributed by atoms with van der Waals surface area (Å²) in [6.45, 7) is 5.30. The molecule has 2 rings (SSSR count). The maximum absolute atomic E-state index is 11.5. The van der Waals surface area contributed by atoms with Gasteiger partial charge in [0.1, 0.15) is 5.60 Å². The normalized spacial score (nSPS) is 43.2. The van der Waals surface area contributed by atoms with Gasteiger partial charge >= 0.3 is 5.97 Å². The van der Waals surface area contributed by atoms with Crippen LogP contribution in [0.2, 0.25) is 0 Å². The minimum atomic E-state index is -0.348. The Balaban J connectivity index is 1.86. The van der Waals surface area contributed by atoms with Crippen molar-refractivity contribution in [2.45, 2.75) is 32.3 Å². The van der Waals surface area contributed by atoms with Gasteiger partial charge in [0.05, 0.1) is 19.1 Å². The smallest absolute Gasteiger partial charge is 0.309 e. The van der Waals surface area contributed by atoms with Gasteiger partial charge in [-0.15, -0.1) is 0 Å². The van der Waals surface area contributed by atoms with Crippen LogP contribution in [0.15, 0.2) is 0 Å². The molecule has 3 nitrogen and oxygen atoms in total. The Hall–Kier alpha value is -0.570. The lowest BCUT2D eigenvalue weighted by molar-refractivity contribution is -0.160. The average molecular weight is 184 g/mol. The van der Waals surface area contributed by atoms with E-state index in [1.54, 1.807) is 0 Å². The molecule has 2 fully saturated rings. The second-order valence-corrected chi connectivity index (χ2v) is 4.49. The number of carbonyl (C=O) groups excluding carboxylic acids is 1. The van der Waals surface area contributed by atoms with Crippen molar-refractivity contribution in [2.75, 3.05) is 13.2 Å². The molecule has 0 spiro atoms.